The van der Waals surface area contributed by atoms with Gasteiger partial charge in [-0.3, -0.25) is 0 Å². The number of hydrogen-bond acceptors (Lipinski definition) is 3. The summed E-state index contributed by atoms with van der Waals surface area (Å²) in [6, 6.07) is 13.9. The molecule has 3 aromatic rings. The lowest BCUT2D eigenvalue weighted by atomic mass is 9.39. The predicted molar refractivity (Wildman–Crippen MR) is 129 cm³/mol. The highest BCUT2D eigenvalue weighted by atomic mass is 32.1. The van der Waals surface area contributed by atoms with E-state index >= 15 is 4.39 Å². The zero-order valence-electron chi connectivity index (χ0n) is 19.2. The van der Waals surface area contributed by atoms with Crippen molar-refractivity contribution in [2.45, 2.75) is 57.8 Å². The Bertz CT molecular complexity index is 1150. The molecule has 4 fully saturated rings. The normalized spacial score (nSPS) is 33.2. The zero-order chi connectivity index (χ0) is 22.1. The first-order valence-corrected chi connectivity index (χ1v) is 12.6. The molecule has 2 atom stereocenters. The summed E-state index contributed by atoms with van der Waals surface area (Å²) in [7, 11) is 1.65. The highest BCUT2D eigenvalue weighted by molar-refractivity contribution is 7.22. The van der Waals surface area contributed by atoms with Crippen molar-refractivity contribution in [3.63, 3.8) is 0 Å². The highest BCUT2D eigenvalue weighted by Gasteiger charge is 2.61. The summed E-state index contributed by atoms with van der Waals surface area (Å²) in [5, 5.41) is 1.19. The molecule has 168 valence electrons. The van der Waals surface area contributed by atoms with Gasteiger partial charge in [-0.1, -0.05) is 32.0 Å². The van der Waals surface area contributed by atoms with Gasteiger partial charge in [-0.05, 0) is 84.9 Å². The lowest BCUT2D eigenvalue weighted by Crippen LogP contribution is -2.57. The second-order valence-electron chi connectivity index (χ2n) is 11.4. The van der Waals surface area contributed by atoms with Crippen molar-refractivity contribution in [3.05, 3.63) is 53.8 Å². The van der Waals surface area contributed by atoms with E-state index in [0.29, 0.717) is 10.8 Å². The number of thiophene rings is 1. The Balaban J connectivity index is 1.55. The molecule has 0 amide bonds. The molecule has 0 N–H and O–H groups in total. The fraction of sp³-hybridized carbons (Fsp3) is 0.500. The number of fused-ring (bicyclic) bond motifs is 1. The van der Waals surface area contributed by atoms with Crippen molar-refractivity contribution < 1.29 is 13.9 Å². The van der Waals surface area contributed by atoms with Crippen molar-refractivity contribution in [1.29, 1.82) is 0 Å². The SMILES string of the molecule is COCOc1c(-c2cc3ccccc3s2)cc(F)cc1C12CC3CC(C)(CC(C)(C3)C1)C2. The standard InChI is InChI=1S/C28H31FO2S/c1-26-11-18-12-27(2,14-26)16-28(13-18,15-26)22-10-20(29)9-21(25(22)31-17-30-3)24-8-19-6-4-5-7-23(19)32-24/h4-10,18H,11-17H2,1-3H3. The van der Waals surface area contributed by atoms with E-state index < -0.39 is 0 Å². The second-order valence-corrected chi connectivity index (χ2v) is 12.5. The Morgan fingerprint density at radius 1 is 1.00 bits per heavy atom. The molecule has 4 saturated carbocycles. The van der Waals surface area contributed by atoms with Crippen LogP contribution in [0.4, 0.5) is 4.39 Å². The monoisotopic (exact) mass is 450 g/mol. The van der Waals surface area contributed by atoms with Crippen LogP contribution in [0.1, 0.15) is 57.9 Å². The minimum Gasteiger partial charge on any atom is -0.467 e. The Morgan fingerprint density at radius 2 is 1.75 bits per heavy atom. The van der Waals surface area contributed by atoms with Crippen LogP contribution in [-0.4, -0.2) is 13.9 Å². The van der Waals surface area contributed by atoms with Gasteiger partial charge in [0.25, 0.3) is 0 Å². The third kappa shape index (κ3) is 3.21. The lowest BCUT2D eigenvalue weighted by molar-refractivity contribution is -0.110. The molecule has 0 saturated heterocycles. The van der Waals surface area contributed by atoms with Crippen LogP contribution in [0.3, 0.4) is 0 Å². The van der Waals surface area contributed by atoms with Gasteiger partial charge in [-0.15, -0.1) is 11.3 Å². The Kier molecular flexibility index (Phi) is 4.55. The molecule has 2 unspecified atom stereocenters. The van der Waals surface area contributed by atoms with Gasteiger partial charge < -0.3 is 9.47 Å². The van der Waals surface area contributed by atoms with Gasteiger partial charge in [0, 0.05) is 33.2 Å². The maximum absolute atomic E-state index is 15.3. The molecule has 0 aliphatic heterocycles. The number of benzene rings is 2. The number of methoxy groups -OCH3 is 1. The third-order valence-electron chi connectivity index (χ3n) is 8.26. The van der Waals surface area contributed by atoms with Crippen LogP contribution in [0.5, 0.6) is 5.75 Å². The van der Waals surface area contributed by atoms with Crippen LogP contribution in [0.25, 0.3) is 20.5 Å². The van der Waals surface area contributed by atoms with Crippen LogP contribution < -0.4 is 4.74 Å². The molecular formula is C28H31FO2S. The molecule has 7 rings (SSSR count). The first-order valence-electron chi connectivity index (χ1n) is 11.8. The minimum atomic E-state index is -0.164. The van der Waals surface area contributed by atoms with Crippen LogP contribution in [0, 0.1) is 22.6 Å². The molecule has 2 aromatic carbocycles. The van der Waals surface area contributed by atoms with Gasteiger partial charge in [0.15, 0.2) is 6.79 Å². The molecule has 4 heteroatoms. The lowest BCUT2D eigenvalue weighted by Gasteiger charge is -2.65. The number of halogens is 1. The van der Waals surface area contributed by atoms with E-state index in [1.807, 2.05) is 0 Å². The van der Waals surface area contributed by atoms with Crippen LogP contribution >= 0.6 is 11.3 Å². The molecular weight excluding hydrogens is 419 g/mol. The third-order valence-corrected chi connectivity index (χ3v) is 9.41. The number of rotatable bonds is 5. The van der Waals surface area contributed by atoms with E-state index in [0.717, 1.165) is 46.9 Å². The first kappa shape index (κ1) is 20.7. The van der Waals surface area contributed by atoms with Gasteiger partial charge >= 0.3 is 0 Å². The summed E-state index contributed by atoms with van der Waals surface area (Å²) < 4.78 is 28.1. The molecule has 4 aliphatic rings. The van der Waals surface area contributed by atoms with E-state index in [4.69, 9.17) is 9.47 Å². The van der Waals surface area contributed by atoms with Gasteiger partial charge in [0.05, 0.1) is 0 Å². The molecule has 0 spiro atoms. The second kappa shape index (κ2) is 7.04. The summed E-state index contributed by atoms with van der Waals surface area (Å²) in [5.41, 5.74) is 2.61. The quantitative estimate of drug-likeness (QED) is 0.367. The number of ether oxygens (including phenoxy) is 2. The maximum atomic E-state index is 15.3. The molecule has 32 heavy (non-hydrogen) atoms. The summed E-state index contributed by atoms with van der Waals surface area (Å²) >= 11 is 1.70. The summed E-state index contributed by atoms with van der Waals surface area (Å²) in [6.07, 6.45) is 7.34. The van der Waals surface area contributed by atoms with E-state index in [1.165, 1.54) is 29.3 Å². The van der Waals surface area contributed by atoms with E-state index in [9.17, 15) is 0 Å². The Morgan fingerprint density at radius 3 is 2.44 bits per heavy atom. The molecule has 4 aliphatic carbocycles. The summed E-state index contributed by atoms with van der Waals surface area (Å²) in [4.78, 5) is 1.06. The predicted octanol–water partition coefficient (Wildman–Crippen LogP) is 7.94. The minimum absolute atomic E-state index is 0.0144. The molecule has 2 nitrogen and oxygen atoms in total. The molecule has 1 heterocycles. The van der Waals surface area contributed by atoms with E-state index in [-0.39, 0.29) is 18.0 Å². The van der Waals surface area contributed by atoms with Crippen molar-refractivity contribution >= 4 is 21.4 Å². The van der Waals surface area contributed by atoms with Crippen molar-refractivity contribution in [3.8, 4) is 16.2 Å². The fourth-order valence-electron chi connectivity index (χ4n) is 8.31. The van der Waals surface area contributed by atoms with Gasteiger partial charge in [-0.2, -0.15) is 0 Å². The molecule has 4 bridgehead atoms. The van der Waals surface area contributed by atoms with E-state index in [2.05, 4.69) is 44.2 Å². The topological polar surface area (TPSA) is 18.5 Å². The van der Waals surface area contributed by atoms with Crippen molar-refractivity contribution in [1.82, 2.24) is 0 Å². The largest absolute Gasteiger partial charge is 0.467 e. The Labute approximate surface area is 193 Å². The molecule has 1 aromatic heterocycles. The summed E-state index contributed by atoms with van der Waals surface area (Å²) in [5.74, 6) is 1.39. The average molecular weight is 451 g/mol. The van der Waals surface area contributed by atoms with Crippen molar-refractivity contribution in [2.24, 2.45) is 16.7 Å². The van der Waals surface area contributed by atoms with Crippen LogP contribution in [0.2, 0.25) is 0 Å². The average Bonchev–Trinajstić information content (AvgIpc) is 3.14. The summed E-state index contributed by atoms with van der Waals surface area (Å²) in [6.45, 7) is 5.10. The zero-order valence-corrected chi connectivity index (χ0v) is 20.0. The van der Waals surface area contributed by atoms with Gasteiger partial charge in [-0.25, -0.2) is 4.39 Å². The van der Waals surface area contributed by atoms with Gasteiger partial charge in [0.2, 0.25) is 0 Å². The van der Waals surface area contributed by atoms with Gasteiger partial charge in [0.1, 0.15) is 11.6 Å². The first-order chi connectivity index (χ1) is 15.3. The smallest absolute Gasteiger partial charge is 0.188 e. The fourth-order valence-corrected chi connectivity index (χ4v) is 9.38. The highest BCUT2D eigenvalue weighted by Crippen LogP contribution is 2.70. The molecule has 0 radical (unpaired) electrons. The van der Waals surface area contributed by atoms with Crippen LogP contribution in [0.15, 0.2) is 42.5 Å². The van der Waals surface area contributed by atoms with E-state index in [1.54, 1.807) is 30.6 Å². The number of hydrogen-bond donors (Lipinski definition) is 0. The Hall–Kier alpha value is -1.91. The van der Waals surface area contributed by atoms with Crippen LogP contribution in [-0.2, 0) is 10.2 Å². The maximum Gasteiger partial charge on any atom is 0.188 e. The van der Waals surface area contributed by atoms with Crippen molar-refractivity contribution in [2.75, 3.05) is 13.9 Å².